The van der Waals surface area contributed by atoms with Crippen LogP contribution in [0.1, 0.15) is 0 Å². The minimum absolute atomic E-state index is 0.0513. The van der Waals surface area contributed by atoms with Gasteiger partial charge in [0.25, 0.3) is 0 Å². The number of benzene rings is 1. The summed E-state index contributed by atoms with van der Waals surface area (Å²) in [5.74, 6) is -0.502. The fourth-order valence-corrected chi connectivity index (χ4v) is 2.07. The van der Waals surface area contributed by atoms with Gasteiger partial charge in [-0.25, -0.2) is 4.39 Å². The predicted octanol–water partition coefficient (Wildman–Crippen LogP) is 4.37. The zero-order chi connectivity index (χ0) is 13.3. The first-order valence-electron chi connectivity index (χ1n) is 4.44. The number of nitrogens with one attached hydrogen (secondary N) is 1. The Morgan fingerprint density at radius 2 is 1.39 bits per heavy atom. The van der Waals surface area contributed by atoms with Gasteiger partial charge >= 0.3 is 0 Å². The van der Waals surface area contributed by atoms with Gasteiger partial charge in [0.15, 0.2) is 0 Å². The third-order valence-corrected chi connectivity index (χ3v) is 2.76. The van der Waals surface area contributed by atoms with Gasteiger partial charge in [-0.1, -0.05) is 23.2 Å². The van der Waals surface area contributed by atoms with Gasteiger partial charge in [-0.2, -0.15) is 15.0 Å². The lowest BCUT2D eigenvalue weighted by Crippen LogP contribution is -2.00. The van der Waals surface area contributed by atoms with E-state index in [2.05, 4.69) is 20.3 Å². The van der Waals surface area contributed by atoms with Crippen LogP contribution in [0.2, 0.25) is 20.6 Å². The van der Waals surface area contributed by atoms with E-state index >= 15 is 0 Å². The molecule has 0 radical (unpaired) electrons. The Morgan fingerprint density at radius 3 is 1.89 bits per heavy atom. The molecule has 0 aliphatic carbocycles. The number of nitrogens with zero attached hydrogens (tertiary/aromatic N) is 3. The van der Waals surface area contributed by atoms with E-state index in [0.29, 0.717) is 0 Å². The second-order valence-electron chi connectivity index (χ2n) is 3.07. The van der Waals surface area contributed by atoms with Crippen molar-refractivity contribution in [1.82, 2.24) is 15.0 Å². The standard InChI is InChI=1S/C9H3Cl4FN4/c10-4-1-3(14)2-5(11)6(4)15-9-17-7(12)16-8(13)18-9/h1-2H,(H,15,16,17,18). The number of hydrogen-bond donors (Lipinski definition) is 1. The van der Waals surface area contributed by atoms with Crippen LogP contribution in [0.3, 0.4) is 0 Å². The maximum Gasteiger partial charge on any atom is 0.232 e. The number of aromatic nitrogens is 3. The van der Waals surface area contributed by atoms with E-state index in [1.54, 1.807) is 0 Å². The molecule has 2 aromatic rings. The van der Waals surface area contributed by atoms with Gasteiger partial charge < -0.3 is 5.32 Å². The van der Waals surface area contributed by atoms with Gasteiger partial charge in [-0.3, -0.25) is 0 Å². The van der Waals surface area contributed by atoms with Crippen molar-refractivity contribution in [2.45, 2.75) is 0 Å². The predicted molar refractivity (Wildman–Crippen MR) is 69.5 cm³/mol. The SMILES string of the molecule is Fc1cc(Cl)c(Nc2nc(Cl)nc(Cl)n2)c(Cl)c1. The van der Waals surface area contributed by atoms with Crippen molar-refractivity contribution in [3.8, 4) is 0 Å². The Balaban J connectivity index is 2.40. The molecule has 1 aromatic carbocycles. The molecule has 0 fully saturated rings. The maximum absolute atomic E-state index is 13.0. The molecule has 2 rings (SSSR count). The molecule has 0 unspecified atom stereocenters. The molecule has 1 N–H and O–H groups in total. The zero-order valence-electron chi connectivity index (χ0n) is 8.39. The lowest BCUT2D eigenvalue weighted by Gasteiger charge is -2.09. The normalized spacial score (nSPS) is 10.5. The molecule has 1 heterocycles. The second-order valence-corrected chi connectivity index (χ2v) is 4.56. The first-order chi connectivity index (χ1) is 8.45. The number of halogens is 5. The summed E-state index contributed by atoms with van der Waals surface area (Å²) in [5, 5.41) is 2.66. The van der Waals surface area contributed by atoms with Crippen molar-refractivity contribution in [3.63, 3.8) is 0 Å². The van der Waals surface area contributed by atoms with E-state index in [9.17, 15) is 4.39 Å². The van der Waals surface area contributed by atoms with Gasteiger partial charge in [0.1, 0.15) is 5.82 Å². The fourth-order valence-electron chi connectivity index (χ4n) is 1.16. The number of hydrogen-bond acceptors (Lipinski definition) is 4. The summed E-state index contributed by atoms with van der Waals surface area (Å²) in [6.45, 7) is 0. The van der Waals surface area contributed by atoms with Gasteiger partial charge in [-0.15, -0.1) is 0 Å². The Kier molecular flexibility index (Phi) is 4.07. The minimum atomic E-state index is -0.553. The molecule has 0 saturated carbocycles. The Morgan fingerprint density at radius 1 is 0.889 bits per heavy atom. The van der Waals surface area contributed by atoms with Crippen LogP contribution in [0, 0.1) is 5.82 Å². The molecule has 0 aliphatic heterocycles. The molecule has 0 bridgehead atoms. The summed E-state index contributed by atoms with van der Waals surface area (Å²) < 4.78 is 13.0. The van der Waals surface area contributed by atoms with Crippen LogP contribution in [0.4, 0.5) is 16.0 Å². The average molecular weight is 328 g/mol. The van der Waals surface area contributed by atoms with Gasteiger partial charge in [0.05, 0.1) is 15.7 Å². The van der Waals surface area contributed by atoms with Crippen molar-refractivity contribution in [2.24, 2.45) is 0 Å². The first-order valence-corrected chi connectivity index (χ1v) is 5.95. The topological polar surface area (TPSA) is 50.7 Å². The lowest BCUT2D eigenvalue weighted by atomic mass is 10.3. The van der Waals surface area contributed by atoms with Crippen molar-refractivity contribution >= 4 is 58.0 Å². The van der Waals surface area contributed by atoms with Crippen molar-refractivity contribution in [2.75, 3.05) is 5.32 Å². The Hall–Kier alpha value is -0.880. The molecule has 1 aromatic heterocycles. The molecular weight excluding hydrogens is 325 g/mol. The third kappa shape index (κ3) is 3.11. The van der Waals surface area contributed by atoms with Crippen LogP contribution in [0.15, 0.2) is 12.1 Å². The van der Waals surface area contributed by atoms with Crippen LogP contribution in [0.5, 0.6) is 0 Å². The fraction of sp³-hybridized carbons (Fsp3) is 0. The molecule has 9 heteroatoms. The van der Waals surface area contributed by atoms with Crippen LogP contribution < -0.4 is 5.32 Å². The summed E-state index contributed by atoms with van der Waals surface area (Å²) in [4.78, 5) is 11.1. The molecule has 0 amide bonds. The highest BCUT2D eigenvalue weighted by Gasteiger charge is 2.11. The van der Waals surface area contributed by atoms with E-state index in [1.165, 1.54) is 0 Å². The summed E-state index contributed by atoms with van der Waals surface area (Å²) in [6.07, 6.45) is 0. The van der Waals surface area contributed by atoms with E-state index in [1.807, 2.05) is 0 Å². The van der Waals surface area contributed by atoms with Crippen LogP contribution in [-0.4, -0.2) is 15.0 Å². The van der Waals surface area contributed by atoms with Gasteiger partial charge in [0, 0.05) is 0 Å². The summed E-state index contributed by atoms with van der Waals surface area (Å²) >= 11 is 22.9. The molecule has 0 atom stereocenters. The minimum Gasteiger partial charge on any atom is -0.321 e. The molecule has 94 valence electrons. The lowest BCUT2D eigenvalue weighted by molar-refractivity contribution is 0.628. The Bertz CT molecular complexity index is 564. The van der Waals surface area contributed by atoms with E-state index < -0.39 is 5.82 Å². The molecule has 0 saturated heterocycles. The highest BCUT2D eigenvalue weighted by Crippen LogP contribution is 2.33. The summed E-state index contributed by atoms with van der Waals surface area (Å²) in [5.41, 5.74) is 0.248. The van der Waals surface area contributed by atoms with Crippen LogP contribution >= 0.6 is 46.4 Å². The molecular formula is C9H3Cl4FN4. The molecule has 4 nitrogen and oxygen atoms in total. The average Bonchev–Trinajstić information content (AvgIpc) is 2.22. The van der Waals surface area contributed by atoms with E-state index in [0.717, 1.165) is 12.1 Å². The summed E-state index contributed by atoms with van der Waals surface area (Å²) in [6, 6.07) is 2.19. The Labute approximate surface area is 121 Å². The zero-order valence-corrected chi connectivity index (χ0v) is 11.4. The largest absolute Gasteiger partial charge is 0.321 e. The van der Waals surface area contributed by atoms with E-state index in [4.69, 9.17) is 46.4 Å². The van der Waals surface area contributed by atoms with E-state index in [-0.39, 0.29) is 32.2 Å². The maximum atomic E-state index is 13.0. The monoisotopic (exact) mass is 326 g/mol. The van der Waals surface area contributed by atoms with Gasteiger partial charge in [0.2, 0.25) is 16.5 Å². The molecule has 0 spiro atoms. The smallest absolute Gasteiger partial charge is 0.232 e. The third-order valence-electron chi connectivity index (χ3n) is 1.82. The quantitative estimate of drug-likeness (QED) is 0.890. The highest BCUT2D eigenvalue weighted by atomic mass is 35.5. The highest BCUT2D eigenvalue weighted by molar-refractivity contribution is 6.39. The van der Waals surface area contributed by atoms with Crippen molar-refractivity contribution < 1.29 is 4.39 Å². The second kappa shape index (κ2) is 5.40. The number of anilines is 2. The van der Waals surface area contributed by atoms with Crippen molar-refractivity contribution in [3.05, 3.63) is 38.6 Å². The van der Waals surface area contributed by atoms with Crippen LogP contribution in [-0.2, 0) is 0 Å². The number of rotatable bonds is 2. The van der Waals surface area contributed by atoms with Crippen LogP contribution in [0.25, 0.3) is 0 Å². The first kappa shape index (κ1) is 13.5. The molecule has 18 heavy (non-hydrogen) atoms. The van der Waals surface area contributed by atoms with Crippen molar-refractivity contribution in [1.29, 1.82) is 0 Å². The summed E-state index contributed by atoms with van der Waals surface area (Å²) in [7, 11) is 0. The molecule has 0 aliphatic rings. The van der Waals surface area contributed by atoms with Gasteiger partial charge in [-0.05, 0) is 35.3 Å².